The lowest BCUT2D eigenvalue weighted by Gasteiger charge is -2.24. The van der Waals surface area contributed by atoms with Gasteiger partial charge in [0.25, 0.3) is 0 Å². The fourth-order valence-electron chi connectivity index (χ4n) is 3.06. The highest BCUT2D eigenvalue weighted by Crippen LogP contribution is 2.33. The summed E-state index contributed by atoms with van der Waals surface area (Å²) in [6.07, 6.45) is -0.216. The maximum Gasteiger partial charge on any atom is 0.412 e. The van der Waals surface area contributed by atoms with Gasteiger partial charge in [0.15, 0.2) is 18.4 Å². The number of nitrogens with zero attached hydrogens (tertiary/aromatic N) is 2. The number of hydrogen-bond donors (Lipinski definition) is 1. The number of aromatic nitrogens is 2. The third-order valence-corrected chi connectivity index (χ3v) is 4.45. The van der Waals surface area contributed by atoms with Crippen LogP contribution in [0.2, 0.25) is 0 Å². The van der Waals surface area contributed by atoms with Gasteiger partial charge in [0.2, 0.25) is 0 Å². The van der Waals surface area contributed by atoms with Crippen molar-refractivity contribution in [2.24, 2.45) is 0 Å². The highest BCUT2D eigenvalue weighted by atomic mass is 16.6. The zero-order valence-electron chi connectivity index (χ0n) is 18.0. The first-order valence-corrected chi connectivity index (χ1v) is 9.87. The first-order valence-electron chi connectivity index (χ1n) is 9.87. The van der Waals surface area contributed by atoms with Gasteiger partial charge in [-0.15, -0.1) is 0 Å². The molecular formula is C20H27N3O8. The van der Waals surface area contributed by atoms with Crippen LogP contribution < -0.4 is 11.0 Å². The van der Waals surface area contributed by atoms with Gasteiger partial charge in [-0.05, 0) is 13.3 Å². The molecule has 1 fully saturated rings. The van der Waals surface area contributed by atoms with E-state index >= 15 is 0 Å². The van der Waals surface area contributed by atoms with Crippen LogP contribution >= 0.6 is 0 Å². The van der Waals surface area contributed by atoms with E-state index in [4.69, 9.17) is 18.9 Å². The molecule has 11 nitrogen and oxygen atoms in total. The van der Waals surface area contributed by atoms with Gasteiger partial charge in [-0.2, -0.15) is 4.98 Å². The molecule has 1 N–H and O–H groups in total. The topological polar surface area (TPSA) is 135 Å². The number of rotatable bonds is 8. The van der Waals surface area contributed by atoms with Crippen molar-refractivity contribution in [3.8, 4) is 0 Å². The molecule has 1 amide bonds. The number of carbonyl (C=O) groups excluding carboxylic acids is 3. The third-order valence-electron chi connectivity index (χ3n) is 4.45. The van der Waals surface area contributed by atoms with Crippen molar-refractivity contribution in [1.29, 1.82) is 0 Å². The number of anilines is 1. The minimum absolute atomic E-state index is 0.0376. The van der Waals surface area contributed by atoms with E-state index in [9.17, 15) is 19.2 Å². The Morgan fingerprint density at radius 2 is 1.90 bits per heavy atom. The summed E-state index contributed by atoms with van der Waals surface area (Å²) in [5.41, 5.74) is -0.479. The molecule has 0 saturated carbocycles. The van der Waals surface area contributed by atoms with Gasteiger partial charge in [0, 0.05) is 25.6 Å². The van der Waals surface area contributed by atoms with Crippen LogP contribution in [0.3, 0.4) is 0 Å². The van der Waals surface area contributed by atoms with Crippen molar-refractivity contribution in [1.82, 2.24) is 9.55 Å². The van der Waals surface area contributed by atoms with Crippen LogP contribution in [0, 0.1) is 0 Å². The summed E-state index contributed by atoms with van der Waals surface area (Å²) >= 11 is 0. The van der Waals surface area contributed by atoms with Crippen LogP contribution in [0.25, 0.3) is 6.08 Å². The SMILES string of the molecule is C=Cc1cn([C@@H]2O[C@H](C)[C@@H](OC(C)=O)[C@H]2OC(C)=O)c(=O)nc1NC(=O)OCCCC. The average Bonchev–Trinajstić information content (AvgIpc) is 2.96. The normalized spacial score (nSPS) is 22.5. The monoisotopic (exact) mass is 437 g/mol. The van der Waals surface area contributed by atoms with Crippen LogP contribution in [0.1, 0.15) is 52.3 Å². The molecule has 11 heteroatoms. The van der Waals surface area contributed by atoms with Crippen LogP contribution in [-0.2, 0) is 28.5 Å². The Labute approximate surface area is 179 Å². The summed E-state index contributed by atoms with van der Waals surface area (Å²) in [4.78, 5) is 51.6. The van der Waals surface area contributed by atoms with E-state index in [-0.39, 0.29) is 12.4 Å². The fourth-order valence-corrected chi connectivity index (χ4v) is 3.06. The molecule has 1 saturated heterocycles. The van der Waals surface area contributed by atoms with E-state index in [0.29, 0.717) is 12.0 Å². The molecule has 0 radical (unpaired) electrons. The van der Waals surface area contributed by atoms with Crippen molar-refractivity contribution in [2.45, 2.75) is 65.1 Å². The van der Waals surface area contributed by atoms with Gasteiger partial charge in [-0.1, -0.05) is 26.0 Å². The summed E-state index contributed by atoms with van der Waals surface area (Å²) in [6, 6.07) is 0. The standard InChI is InChI=1S/C20H27N3O8/c1-6-8-9-28-20(27)22-17-14(7-2)10-23(19(26)21-17)18-16(31-13(5)25)15(11(3)29-18)30-12(4)24/h7,10-11,15-16,18H,2,6,8-9H2,1,3-5H3,(H,21,22,26,27)/t11-,15-,16-,18-/m1/s1. The second-order valence-electron chi connectivity index (χ2n) is 6.93. The van der Waals surface area contributed by atoms with Crippen LogP contribution in [0.4, 0.5) is 10.6 Å². The summed E-state index contributed by atoms with van der Waals surface area (Å²) in [5.74, 6) is -1.26. The Morgan fingerprint density at radius 3 is 2.48 bits per heavy atom. The molecule has 1 aromatic rings. The van der Waals surface area contributed by atoms with Gasteiger partial charge in [-0.25, -0.2) is 9.59 Å². The lowest BCUT2D eigenvalue weighted by Crippen LogP contribution is -2.40. The lowest BCUT2D eigenvalue weighted by molar-refractivity contribution is -0.165. The van der Waals surface area contributed by atoms with Crippen molar-refractivity contribution in [3.63, 3.8) is 0 Å². The quantitative estimate of drug-likeness (QED) is 0.368. The van der Waals surface area contributed by atoms with Gasteiger partial charge >= 0.3 is 23.7 Å². The van der Waals surface area contributed by atoms with Crippen LogP contribution in [0.15, 0.2) is 17.6 Å². The highest BCUT2D eigenvalue weighted by molar-refractivity contribution is 5.85. The van der Waals surface area contributed by atoms with Gasteiger partial charge in [0.1, 0.15) is 5.82 Å². The largest absolute Gasteiger partial charge is 0.456 e. The Kier molecular flexibility index (Phi) is 8.31. The number of ether oxygens (including phenoxy) is 4. The average molecular weight is 437 g/mol. The molecule has 31 heavy (non-hydrogen) atoms. The maximum absolute atomic E-state index is 12.7. The summed E-state index contributed by atoms with van der Waals surface area (Å²) in [5, 5.41) is 2.41. The van der Waals surface area contributed by atoms with E-state index in [1.807, 2.05) is 6.92 Å². The number of amides is 1. The zero-order chi connectivity index (χ0) is 23.1. The third kappa shape index (κ3) is 6.14. The van der Waals surface area contributed by atoms with Gasteiger partial charge in [-0.3, -0.25) is 19.5 Å². The molecule has 1 aromatic heterocycles. The molecule has 0 aromatic carbocycles. The number of unbranched alkanes of at least 4 members (excludes halogenated alkanes) is 1. The van der Waals surface area contributed by atoms with Crippen molar-refractivity contribution >= 4 is 29.9 Å². The zero-order valence-corrected chi connectivity index (χ0v) is 18.0. The molecule has 4 atom stereocenters. The minimum Gasteiger partial charge on any atom is -0.456 e. The Hall–Kier alpha value is -3.21. The molecule has 0 bridgehead atoms. The van der Waals surface area contributed by atoms with E-state index < -0.39 is 48.3 Å². The fraction of sp³-hybridized carbons (Fsp3) is 0.550. The smallest absolute Gasteiger partial charge is 0.412 e. The second-order valence-corrected chi connectivity index (χ2v) is 6.93. The van der Waals surface area contributed by atoms with Crippen molar-refractivity contribution in [3.05, 3.63) is 28.8 Å². The number of esters is 2. The second kappa shape index (κ2) is 10.7. The predicted octanol–water partition coefficient (Wildman–Crippen LogP) is 2.02. The first kappa shape index (κ1) is 24.1. The highest BCUT2D eigenvalue weighted by Gasteiger charge is 2.48. The van der Waals surface area contributed by atoms with E-state index in [1.165, 1.54) is 26.1 Å². The van der Waals surface area contributed by atoms with Crippen molar-refractivity contribution < 1.29 is 33.3 Å². The number of carbonyl (C=O) groups is 3. The molecule has 0 unspecified atom stereocenters. The van der Waals surface area contributed by atoms with E-state index in [1.54, 1.807) is 6.92 Å². The summed E-state index contributed by atoms with van der Waals surface area (Å²) < 4.78 is 22.4. The maximum atomic E-state index is 12.7. The van der Waals surface area contributed by atoms with Gasteiger partial charge < -0.3 is 18.9 Å². The lowest BCUT2D eigenvalue weighted by atomic mass is 10.1. The summed E-state index contributed by atoms with van der Waals surface area (Å²) in [7, 11) is 0. The molecule has 0 spiro atoms. The Bertz CT molecular complexity index is 897. The van der Waals surface area contributed by atoms with Gasteiger partial charge in [0.05, 0.1) is 12.7 Å². The van der Waals surface area contributed by atoms with Crippen molar-refractivity contribution in [2.75, 3.05) is 11.9 Å². The minimum atomic E-state index is -1.10. The molecule has 0 aliphatic carbocycles. The summed E-state index contributed by atoms with van der Waals surface area (Å²) in [6.45, 7) is 9.89. The van der Waals surface area contributed by atoms with Crippen LogP contribution in [-0.4, -0.2) is 52.5 Å². The molecule has 170 valence electrons. The molecule has 1 aliphatic heterocycles. The Balaban J connectivity index is 2.35. The molecule has 2 heterocycles. The number of nitrogens with one attached hydrogen (secondary N) is 1. The predicted molar refractivity (Wildman–Crippen MR) is 109 cm³/mol. The molecule has 2 rings (SSSR count). The molecule has 1 aliphatic rings. The Morgan fingerprint density at radius 1 is 1.26 bits per heavy atom. The van der Waals surface area contributed by atoms with Crippen LogP contribution in [0.5, 0.6) is 0 Å². The molecular weight excluding hydrogens is 410 g/mol. The first-order chi connectivity index (χ1) is 14.7. The number of hydrogen-bond acceptors (Lipinski definition) is 9. The van der Waals surface area contributed by atoms with E-state index in [0.717, 1.165) is 11.0 Å². The van der Waals surface area contributed by atoms with E-state index in [2.05, 4.69) is 16.9 Å².